The van der Waals surface area contributed by atoms with Gasteiger partial charge in [0.2, 0.25) is 0 Å². The summed E-state index contributed by atoms with van der Waals surface area (Å²) < 4.78 is 6.18. The van der Waals surface area contributed by atoms with E-state index in [1.807, 2.05) is 0 Å². The van der Waals surface area contributed by atoms with Crippen molar-refractivity contribution in [3.63, 3.8) is 0 Å². The van der Waals surface area contributed by atoms with Gasteiger partial charge in [0.15, 0.2) is 0 Å². The maximum absolute atomic E-state index is 13.1. The first kappa shape index (κ1) is 14.0. The predicted octanol–water partition coefficient (Wildman–Crippen LogP) is 4.37. The minimum Gasteiger partial charge on any atom is -0.368 e. The summed E-state index contributed by atoms with van der Waals surface area (Å²) in [6.07, 6.45) is 9.32. The molecule has 5 fully saturated rings. The van der Waals surface area contributed by atoms with Gasteiger partial charge in [0.25, 0.3) is 0 Å². The van der Waals surface area contributed by atoms with Crippen molar-refractivity contribution in [2.24, 2.45) is 33.5 Å². The van der Waals surface area contributed by atoms with Gasteiger partial charge in [0.05, 0.1) is 12.2 Å². The van der Waals surface area contributed by atoms with Gasteiger partial charge in [-0.25, -0.2) is 0 Å². The maximum Gasteiger partial charge on any atom is 0.139 e. The first-order valence-corrected chi connectivity index (χ1v) is 9.43. The Morgan fingerprint density at radius 3 is 2.45 bits per heavy atom. The Hall–Kier alpha value is -0.370. The van der Waals surface area contributed by atoms with Crippen LogP contribution < -0.4 is 0 Å². The molecule has 7 atom stereocenters. The van der Waals surface area contributed by atoms with E-state index in [1.165, 1.54) is 32.1 Å². The monoisotopic (exact) mass is 302 g/mol. The molecule has 1 saturated heterocycles. The molecule has 0 amide bonds. The second kappa shape index (κ2) is 3.66. The minimum atomic E-state index is -0.0812. The molecule has 0 unspecified atom stereocenters. The molecule has 2 bridgehead atoms. The van der Waals surface area contributed by atoms with Crippen molar-refractivity contribution < 1.29 is 9.53 Å². The third-order valence-corrected chi connectivity index (χ3v) is 9.06. The number of rotatable bonds is 0. The molecule has 5 aliphatic rings. The van der Waals surface area contributed by atoms with E-state index in [4.69, 9.17) is 4.74 Å². The fourth-order valence-corrected chi connectivity index (χ4v) is 8.07. The number of epoxide rings is 1. The molecule has 122 valence electrons. The zero-order chi connectivity index (χ0) is 15.5. The molecule has 1 aliphatic heterocycles. The van der Waals surface area contributed by atoms with Gasteiger partial charge in [0.1, 0.15) is 5.78 Å². The number of fused-ring (bicyclic) bond motifs is 5. The molecule has 4 aliphatic carbocycles. The average Bonchev–Trinajstić information content (AvgIpc) is 3.21. The quantitative estimate of drug-likeness (QED) is 0.622. The number of carbonyl (C=O) groups is 1. The molecule has 5 rings (SSSR count). The summed E-state index contributed by atoms with van der Waals surface area (Å²) in [6, 6.07) is 0. The predicted molar refractivity (Wildman–Crippen MR) is 85.4 cm³/mol. The lowest BCUT2D eigenvalue weighted by Gasteiger charge is -2.63. The fourth-order valence-electron chi connectivity index (χ4n) is 8.07. The second-order valence-corrected chi connectivity index (χ2v) is 10.4. The van der Waals surface area contributed by atoms with Gasteiger partial charge in [-0.15, -0.1) is 0 Å². The summed E-state index contributed by atoms with van der Waals surface area (Å²) in [7, 11) is 0. The molecule has 2 nitrogen and oxygen atoms in total. The Balaban J connectivity index is 1.63. The van der Waals surface area contributed by atoms with Crippen molar-refractivity contribution in [1.82, 2.24) is 0 Å². The third-order valence-electron chi connectivity index (χ3n) is 9.06. The second-order valence-electron chi connectivity index (χ2n) is 10.4. The molecule has 0 aromatic carbocycles. The number of Topliss-reactive ketones (excluding diaryl/α,β-unsaturated/α-hetero) is 1. The van der Waals surface area contributed by atoms with Crippen molar-refractivity contribution in [1.29, 1.82) is 0 Å². The Morgan fingerprint density at radius 2 is 1.68 bits per heavy atom. The van der Waals surface area contributed by atoms with E-state index in [2.05, 4.69) is 27.7 Å². The van der Waals surface area contributed by atoms with Gasteiger partial charge < -0.3 is 4.74 Å². The van der Waals surface area contributed by atoms with Crippen LogP contribution in [-0.2, 0) is 9.53 Å². The number of hydrogen-bond acceptors (Lipinski definition) is 2. The number of hydrogen-bond donors (Lipinski definition) is 0. The van der Waals surface area contributed by atoms with Crippen LogP contribution in [0.3, 0.4) is 0 Å². The summed E-state index contributed by atoms with van der Waals surface area (Å²) in [5, 5.41) is 0. The molecule has 2 heteroatoms. The summed E-state index contributed by atoms with van der Waals surface area (Å²) in [5.74, 6) is 1.74. The topological polar surface area (TPSA) is 29.6 Å². The van der Waals surface area contributed by atoms with Crippen molar-refractivity contribution in [3.05, 3.63) is 0 Å². The van der Waals surface area contributed by atoms with E-state index in [1.54, 1.807) is 0 Å². The Morgan fingerprint density at radius 1 is 0.955 bits per heavy atom. The molecule has 0 aromatic heterocycles. The lowest BCUT2D eigenvalue weighted by molar-refractivity contribution is -0.182. The lowest BCUT2D eigenvalue weighted by Crippen LogP contribution is -2.61. The molecule has 0 aromatic rings. The summed E-state index contributed by atoms with van der Waals surface area (Å²) >= 11 is 0. The highest BCUT2D eigenvalue weighted by Crippen LogP contribution is 2.77. The molecule has 22 heavy (non-hydrogen) atoms. The third kappa shape index (κ3) is 1.33. The van der Waals surface area contributed by atoms with Crippen LogP contribution in [-0.4, -0.2) is 18.0 Å². The van der Waals surface area contributed by atoms with Crippen LogP contribution in [0.5, 0.6) is 0 Å². The summed E-state index contributed by atoms with van der Waals surface area (Å²) in [4.78, 5) is 13.1. The van der Waals surface area contributed by atoms with E-state index in [9.17, 15) is 4.79 Å². The first-order chi connectivity index (χ1) is 10.2. The van der Waals surface area contributed by atoms with E-state index < -0.39 is 0 Å². The Labute approximate surface area is 134 Å². The maximum atomic E-state index is 13.1. The standard InChI is InChI=1S/C20H30O2/c1-17(2)8-7-14(21)19(4)12(17)6-10-20-11-18(3,9-5-13(19)20)15-16(20)22-15/h12-13,15-16H,5-11H2,1-4H3/t12-,13+,15+,16-,18+,19-,20+/m1/s1. The smallest absolute Gasteiger partial charge is 0.139 e. The summed E-state index contributed by atoms with van der Waals surface area (Å²) in [5.41, 5.74) is 0.999. The molecule has 1 spiro atoms. The highest BCUT2D eigenvalue weighted by atomic mass is 16.6. The molecule has 0 radical (unpaired) electrons. The average molecular weight is 302 g/mol. The molecule has 4 saturated carbocycles. The van der Waals surface area contributed by atoms with Crippen LogP contribution >= 0.6 is 0 Å². The number of ketones is 1. The summed E-state index contributed by atoms with van der Waals surface area (Å²) in [6.45, 7) is 9.63. The Kier molecular flexibility index (Phi) is 2.33. The van der Waals surface area contributed by atoms with Gasteiger partial charge in [-0.05, 0) is 61.2 Å². The van der Waals surface area contributed by atoms with Gasteiger partial charge in [-0.2, -0.15) is 0 Å². The molecule has 0 N–H and O–H groups in total. The number of ether oxygens (including phenoxy) is 1. The van der Waals surface area contributed by atoms with Crippen molar-refractivity contribution >= 4 is 5.78 Å². The molecular formula is C20H30O2. The van der Waals surface area contributed by atoms with Gasteiger partial charge in [0, 0.05) is 17.3 Å². The van der Waals surface area contributed by atoms with E-state index in [-0.39, 0.29) is 5.41 Å². The van der Waals surface area contributed by atoms with Crippen LogP contribution in [0.15, 0.2) is 0 Å². The van der Waals surface area contributed by atoms with Crippen molar-refractivity contribution in [2.45, 2.75) is 84.8 Å². The van der Waals surface area contributed by atoms with Gasteiger partial charge in [-0.1, -0.05) is 27.7 Å². The van der Waals surface area contributed by atoms with Gasteiger partial charge in [-0.3, -0.25) is 4.79 Å². The van der Waals surface area contributed by atoms with E-state index in [0.29, 0.717) is 46.1 Å². The zero-order valence-corrected chi connectivity index (χ0v) is 14.6. The largest absolute Gasteiger partial charge is 0.368 e. The normalized spacial score (nSPS) is 61.2. The van der Waals surface area contributed by atoms with E-state index in [0.717, 1.165) is 12.8 Å². The fraction of sp³-hybridized carbons (Fsp3) is 0.950. The highest BCUT2D eigenvalue weighted by Gasteiger charge is 2.77. The number of carbonyl (C=O) groups excluding carboxylic acids is 1. The van der Waals surface area contributed by atoms with Crippen molar-refractivity contribution in [2.75, 3.05) is 0 Å². The highest BCUT2D eigenvalue weighted by molar-refractivity contribution is 5.86. The van der Waals surface area contributed by atoms with Crippen LogP contribution in [0.25, 0.3) is 0 Å². The minimum absolute atomic E-state index is 0.0812. The van der Waals surface area contributed by atoms with Crippen LogP contribution in [0.2, 0.25) is 0 Å². The van der Waals surface area contributed by atoms with Crippen LogP contribution in [0, 0.1) is 33.5 Å². The van der Waals surface area contributed by atoms with Crippen molar-refractivity contribution in [3.8, 4) is 0 Å². The molecular weight excluding hydrogens is 272 g/mol. The van der Waals surface area contributed by atoms with Crippen LogP contribution in [0.1, 0.15) is 72.6 Å². The zero-order valence-electron chi connectivity index (χ0n) is 14.6. The van der Waals surface area contributed by atoms with Gasteiger partial charge >= 0.3 is 0 Å². The Bertz CT molecular complexity index is 566. The SMILES string of the molecule is CC1(C)CCC(=O)[C@]2(C)[C@@H]1CC[C@]13C[C@](C)(CC[C@H]12)[C@H]1O[C@H]13. The van der Waals surface area contributed by atoms with E-state index >= 15 is 0 Å². The van der Waals surface area contributed by atoms with Crippen LogP contribution in [0.4, 0.5) is 0 Å². The molecule has 1 heterocycles. The first-order valence-electron chi connectivity index (χ1n) is 9.43. The lowest BCUT2D eigenvalue weighted by atomic mass is 9.40.